The van der Waals surface area contributed by atoms with Crippen LogP contribution in [0.15, 0.2) is 72.8 Å². The van der Waals surface area contributed by atoms with Crippen LogP contribution in [0.5, 0.6) is 0 Å². The zero-order valence-electron chi connectivity index (χ0n) is 19.0. The molecule has 33 heavy (non-hydrogen) atoms. The molecule has 0 fully saturated rings. The van der Waals surface area contributed by atoms with Crippen LogP contribution in [0.1, 0.15) is 33.7 Å². The van der Waals surface area contributed by atoms with Crippen molar-refractivity contribution in [2.24, 2.45) is 0 Å². The molecule has 2 amide bonds. The van der Waals surface area contributed by atoms with E-state index < -0.39 is 0 Å². The van der Waals surface area contributed by atoms with Gasteiger partial charge in [0, 0.05) is 24.2 Å². The zero-order chi connectivity index (χ0) is 23.2. The van der Waals surface area contributed by atoms with Crippen LogP contribution in [0.25, 0.3) is 11.0 Å². The number of nitrogens with zero attached hydrogens (tertiary/aromatic N) is 2. The summed E-state index contributed by atoms with van der Waals surface area (Å²) in [5.41, 5.74) is 5.45. The number of hydrogen-bond donors (Lipinski definition) is 2. The molecule has 0 atom stereocenters. The van der Waals surface area contributed by atoms with Gasteiger partial charge in [0.15, 0.2) is 0 Å². The number of aromatic nitrogens is 2. The molecule has 4 aromatic rings. The van der Waals surface area contributed by atoms with Gasteiger partial charge in [-0.1, -0.05) is 36.4 Å². The van der Waals surface area contributed by atoms with E-state index in [2.05, 4.69) is 16.7 Å². The van der Waals surface area contributed by atoms with Crippen molar-refractivity contribution in [1.82, 2.24) is 14.9 Å². The highest BCUT2D eigenvalue weighted by atomic mass is 16.2. The lowest BCUT2D eigenvalue weighted by Crippen LogP contribution is -2.25. The number of para-hydroxylation sites is 2. The van der Waals surface area contributed by atoms with Gasteiger partial charge in [-0.3, -0.25) is 9.59 Å². The standard InChI is InChI=1S/C27H28N4O2/c1-19-15-20(2)17-22(16-19)29-26(32)18-31-24-12-7-6-11-23(24)30-25(31)13-8-14-28-27(33)21-9-4-3-5-10-21/h3-7,9-12,15-17H,8,13-14,18H2,1-2H3,(H,28,33)(H,29,32). The van der Waals surface area contributed by atoms with Gasteiger partial charge in [0.2, 0.25) is 5.91 Å². The molecule has 0 saturated carbocycles. The van der Waals surface area contributed by atoms with Gasteiger partial charge >= 0.3 is 0 Å². The predicted octanol–water partition coefficient (Wildman–Crippen LogP) is 4.65. The third-order valence-corrected chi connectivity index (χ3v) is 5.44. The number of aryl methyl sites for hydroxylation is 3. The van der Waals surface area contributed by atoms with Gasteiger partial charge in [-0.05, 0) is 67.8 Å². The zero-order valence-corrected chi connectivity index (χ0v) is 19.0. The maximum atomic E-state index is 12.9. The SMILES string of the molecule is Cc1cc(C)cc(NC(=O)Cn2c(CCCNC(=O)c3ccccc3)nc3ccccc32)c1. The molecular weight excluding hydrogens is 412 g/mol. The lowest BCUT2D eigenvalue weighted by Gasteiger charge is -2.11. The molecule has 6 heteroatoms. The van der Waals surface area contributed by atoms with Gasteiger partial charge in [0.05, 0.1) is 11.0 Å². The molecule has 0 unspecified atom stereocenters. The average Bonchev–Trinajstić information content (AvgIpc) is 3.13. The highest BCUT2D eigenvalue weighted by Gasteiger charge is 2.14. The molecule has 4 rings (SSSR count). The molecule has 0 spiro atoms. The first kappa shape index (κ1) is 22.3. The largest absolute Gasteiger partial charge is 0.352 e. The molecule has 0 aliphatic heterocycles. The normalized spacial score (nSPS) is 10.8. The second-order valence-electron chi connectivity index (χ2n) is 8.25. The number of hydrogen-bond acceptors (Lipinski definition) is 3. The van der Waals surface area contributed by atoms with Crippen LogP contribution in [0, 0.1) is 13.8 Å². The fourth-order valence-electron chi connectivity index (χ4n) is 4.02. The molecule has 1 heterocycles. The van der Waals surface area contributed by atoms with Crippen LogP contribution < -0.4 is 10.6 Å². The topological polar surface area (TPSA) is 76.0 Å². The quantitative estimate of drug-likeness (QED) is 0.392. The molecule has 0 aliphatic rings. The van der Waals surface area contributed by atoms with Crippen molar-refractivity contribution in [3.8, 4) is 0 Å². The third kappa shape index (κ3) is 5.66. The van der Waals surface area contributed by atoms with E-state index in [-0.39, 0.29) is 18.4 Å². The number of nitrogens with one attached hydrogen (secondary N) is 2. The maximum absolute atomic E-state index is 12.9. The summed E-state index contributed by atoms with van der Waals surface area (Å²) in [6, 6.07) is 23.0. The highest BCUT2D eigenvalue weighted by molar-refractivity contribution is 5.94. The van der Waals surface area contributed by atoms with Gasteiger partial charge in [-0.25, -0.2) is 4.98 Å². The Labute approximate surface area is 193 Å². The number of anilines is 1. The van der Waals surface area contributed by atoms with E-state index in [4.69, 9.17) is 4.98 Å². The van der Waals surface area contributed by atoms with Crippen molar-refractivity contribution >= 4 is 28.5 Å². The number of benzene rings is 3. The smallest absolute Gasteiger partial charge is 0.251 e. The van der Waals surface area contributed by atoms with Gasteiger partial charge in [-0.2, -0.15) is 0 Å². The first-order chi connectivity index (χ1) is 16.0. The number of fused-ring (bicyclic) bond motifs is 1. The van der Waals surface area contributed by atoms with E-state index >= 15 is 0 Å². The highest BCUT2D eigenvalue weighted by Crippen LogP contribution is 2.18. The Kier molecular flexibility index (Phi) is 6.83. The summed E-state index contributed by atoms with van der Waals surface area (Å²) in [4.78, 5) is 29.8. The molecule has 6 nitrogen and oxygen atoms in total. The first-order valence-corrected chi connectivity index (χ1v) is 11.1. The molecule has 0 aliphatic carbocycles. The summed E-state index contributed by atoms with van der Waals surface area (Å²) in [7, 11) is 0. The lowest BCUT2D eigenvalue weighted by molar-refractivity contribution is -0.116. The fraction of sp³-hybridized carbons (Fsp3) is 0.222. The Balaban J connectivity index is 1.43. The van der Waals surface area contributed by atoms with Crippen LogP contribution >= 0.6 is 0 Å². The minimum atomic E-state index is -0.0956. The van der Waals surface area contributed by atoms with Crippen molar-refractivity contribution in [2.45, 2.75) is 33.2 Å². The Morgan fingerprint density at radius 3 is 2.36 bits per heavy atom. The van der Waals surface area contributed by atoms with Gasteiger partial charge in [-0.15, -0.1) is 0 Å². The second-order valence-corrected chi connectivity index (χ2v) is 8.25. The first-order valence-electron chi connectivity index (χ1n) is 11.1. The summed E-state index contributed by atoms with van der Waals surface area (Å²) in [6.45, 7) is 4.74. The number of carbonyl (C=O) groups excluding carboxylic acids is 2. The van der Waals surface area contributed by atoms with E-state index in [1.54, 1.807) is 12.1 Å². The van der Waals surface area contributed by atoms with Crippen molar-refractivity contribution in [3.63, 3.8) is 0 Å². The lowest BCUT2D eigenvalue weighted by atomic mass is 10.1. The molecule has 0 radical (unpaired) electrons. The number of amides is 2. The predicted molar refractivity (Wildman–Crippen MR) is 131 cm³/mol. The summed E-state index contributed by atoms with van der Waals surface area (Å²) in [5, 5.41) is 5.96. The van der Waals surface area contributed by atoms with Gasteiger partial charge < -0.3 is 15.2 Å². The Morgan fingerprint density at radius 2 is 1.61 bits per heavy atom. The van der Waals surface area contributed by atoms with Crippen molar-refractivity contribution in [3.05, 3.63) is 95.3 Å². The Hall–Kier alpha value is -3.93. The molecule has 1 aromatic heterocycles. The van der Waals surface area contributed by atoms with Crippen LogP contribution in [0.3, 0.4) is 0 Å². The van der Waals surface area contributed by atoms with Crippen LogP contribution in [0.2, 0.25) is 0 Å². The summed E-state index contributed by atoms with van der Waals surface area (Å²) < 4.78 is 1.96. The van der Waals surface area contributed by atoms with E-state index in [0.717, 1.165) is 40.1 Å². The van der Waals surface area contributed by atoms with Crippen LogP contribution in [-0.2, 0) is 17.8 Å². The van der Waals surface area contributed by atoms with E-state index in [1.807, 2.05) is 73.0 Å². The number of rotatable bonds is 8. The minimum Gasteiger partial charge on any atom is -0.352 e. The van der Waals surface area contributed by atoms with Crippen molar-refractivity contribution < 1.29 is 9.59 Å². The molecule has 3 aromatic carbocycles. The van der Waals surface area contributed by atoms with E-state index in [0.29, 0.717) is 18.5 Å². The van der Waals surface area contributed by atoms with Crippen LogP contribution in [0.4, 0.5) is 5.69 Å². The van der Waals surface area contributed by atoms with E-state index in [1.165, 1.54) is 0 Å². The number of imidazole rings is 1. The molecule has 0 saturated heterocycles. The Morgan fingerprint density at radius 1 is 0.909 bits per heavy atom. The molecule has 168 valence electrons. The molecular formula is C27H28N4O2. The van der Waals surface area contributed by atoms with Crippen molar-refractivity contribution in [2.75, 3.05) is 11.9 Å². The monoisotopic (exact) mass is 440 g/mol. The third-order valence-electron chi connectivity index (χ3n) is 5.44. The van der Waals surface area contributed by atoms with Gasteiger partial charge in [0.25, 0.3) is 5.91 Å². The average molecular weight is 441 g/mol. The van der Waals surface area contributed by atoms with Gasteiger partial charge in [0.1, 0.15) is 12.4 Å². The molecule has 0 bridgehead atoms. The second kappa shape index (κ2) is 10.1. The summed E-state index contributed by atoms with van der Waals surface area (Å²) in [5.74, 6) is 0.652. The maximum Gasteiger partial charge on any atom is 0.251 e. The van der Waals surface area contributed by atoms with Crippen LogP contribution in [-0.4, -0.2) is 27.9 Å². The molecule has 2 N–H and O–H groups in total. The summed E-state index contributed by atoms with van der Waals surface area (Å²) >= 11 is 0. The Bertz CT molecular complexity index is 1260. The fourth-order valence-corrected chi connectivity index (χ4v) is 4.02. The summed E-state index contributed by atoms with van der Waals surface area (Å²) in [6.07, 6.45) is 1.38. The number of carbonyl (C=O) groups is 2. The van der Waals surface area contributed by atoms with Crippen molar-refractivity contribution in [1.29, 1.82) is 0 Å². The minimum absolute atomic E-state index is 0.0862. The van der Waals surface area contributed by atoms with E-state index in [9.17, 15) is 9.59 Å².